The number of carbonyl (C=O) groups excluding carboxylic acids is 1. The van der Waals surface area contributed by atoms with Gasteiger partial charge in [0.05, 0.1) is 24.4 Å². The molecule has 5 saturated carbocycles. The fourth-order valence-corrected chi connectivity index (χ4v) is 14.5. The van der Waals surface area contributed by atoms with Gasteiger partial charge >= 0.3 is 5.97 Å². The van der Waals surface area contributed by atoms with Gasteiger partial charge in [-0.3, -0.25) is 4.79 Å². The number of ether oxygens (including phenoxy) is 6. The standard InChI is InChI=1S/C38H60O10/c1-19-26-21(47-38(43-9)29(19)48-33(5,6)31(38)42)16-35(8)24-11-10-23-32(3,4)25(12-13-36(23)18-37(24,36)15-14-34(26,35)7)46-30-28(41)27(40)22(17-44-30)45-20(2)39/h19,21-31,40-42H,10-18H2,1-9H3/t19-,21-,22+,23-,24-,25-,26-,27-,28+,29+,30-,31+,34+,35-,36+,37-,38-/m0/s1. The van der Waals surface area contributed by atoms with Gasteiger partial charge in [-0.05, 0) is 116 Å². The summed E-state index contributed by atoms with van der Waals surface area (Å²) in [7, 11) is 1.66. The van der Waals surface area contributed by atoms with Crippen LogP contribution in [-0.2, 0) is 33.2 Å². The summed E-state index contributed by atoms with van der Waals surface area (Å²) in [6.45, 7) is 17.3. The van der Waals surface area contributed by atoms with Crippen molar-refractivity contribution in [2.75, 3.05) is 13.7 Å². The number of carbonyl (C=O) groups is 1. The molecule has 5 aliphatic carbocycles. The highest BCUT2D eigenvalue weighted by Gasteiger charge is 2.84. The third kappa shape index (κ3) is 4.01. The number of aliphatic hydroxyl groups excluding tert-OH is 3. The molecule has 3 N–H and O–H groups in total. The molecule has 3 heterocycles. The summed E-state index contributed by atoms with van der Waals surface area (Å²) in [5.74, 6) is -0.0384. The zero-order valence-corrected chi connectivity index (χ0v) is 30.5. The van der Waals surface area contributed by atoms with Gasteiger partial charge in [0.1, 0.15) is 24.4 Å². The van der Waals surface area contributed by atoms with E-state index < -0.39 is 48.1 Å². The van der Waals surface area contributed by atoms with Crippen LogP contribution in [0.25, 0.3) is 0 Å². The van der Waals surface area contributed by atoms with E-state index in [9.17, 15) is 20.1 Å². The zero-order valence-electron chi connectivity index (χ0n) is 30.5. The molecule has 2 spiro atoms. The molecule has 3 aliphatic heterocycles. The molecule has 17 atom stereocenters. The van der Waals surface area contributed by atoms with Crippen LogP contribution in [0.15, 0.2) is 0 Å². The highest BCUT2D eigenvalue weighted by Crippen LogP contribution is 2.89. The number of fused-ring (bicyclic) bond motifs is 5. The highest BCUT2D eigenvalue weighted by atomic mass is 16.7. The molecule has 0 amide bonds. The van der Waals surface area contributed by atoms with Crippen LogP contribution in [0.2, 0.25) is 0 Å². The van der Waals surface area contributed by atoms with Gasteiger partial charge in [-0.2, -0.15) is 0 Å². The number of rotatable bonds is 4. The summed E-state index contributed by atoms with van der Waals surface area (Å²) >= 11 is 0. The Morgan fingerprint density at radius 2 is 1.54 bits per heavy atom. The van der Waals surface area contributed by atoms with Crippen LogP contribution in [-0.4, -0.2) is 95.4 Å². The first-order valence-electron chi connectivity index (χ1n) is 18.7. The van der Waals surface area contributed by atoms with Crippen LogP contribution < -0.4 is 0 Å². The first kappa shape index (κ1) is 34.2. The maximum Gasteiger partial charge on any atom is 0.303 e. The van der Waals surface area contributed by atoms with Gasteiger partial charge in [0.25, 0.3) is 0 Å². The van der Waals surface area contributed by atoms with Crippen LogP contribution >= 0.6 is 0 Å². The van der Waals surface area contributed by atoms with E-state index in [-0.39, 0.29) is 52.5 Å². The Balaban J connectivity index is 1.03. The monoisotopic (exact) mass is 676 g/mol. The lowest BCUT2D eigenvalue weighted by atomic mass is 9.41. The van der Waals surface area contributed by atoms with Crippen molar-refractivity contribution in [2.45, 2.75) is 167 Å². The third-order valence-electron chi connectivity index (χ3n) is 16.7. The van der Waals surface area contributed by atoms with Gasteiger partial charge in [-0.1, -0.05) is 34.6 Å². The summed E-state index contributed by atoms with van der Waals surface area (Å²) in [4.78, 5) is 11.5. The minimum atomic E-state index is -1.29. The van der Waals surface area contributed by atoms with Crippen molar-refractivity contribution in [3.63, 3.8) is 0 Å². The number of hydrogen-bond donors (Lipinski definition) is 3. The smallest absolute Gasteiger partial charge is 0.303 e. The number of aliphatic hydroxyl groups is 3. The van der Waals surface area contributed by atoms with Crippen LogP contribution in [0.1, 0.15) is 107 Å². The minimum absolute atomic E-state index is 0.00938. The fourth-order valence-electron chi connectivity index (χ4n) is 14.5. The average molecular weight is 677 g/mol. The molecule has 0 bridgehead atoms. The van der Waals surface area contributed by atoms with Crippen molar-refractivity contribution in [3.8, 4) is 0 Å². The molecule has 0 unspecified atom stereocenters. The van der Waals surface area contributed by atoms with E-state index in [0.717, 1.165) is 25.7 Å². The van der Waals surface area contributed by atoms with Crippen molar-refractivity contribution in [3.05, 3.63) is 0 Å². The summed E-state index contributed by atoms with van der Waals surface area (Å²) in [6, 6.07) is 0. The molecule has 10 nitrogen and oxygen atoms in total. The Morgan fingerprint density at radius 1 is 0.854 bits per heavy atom. The first-order chi connectivity index (χ1) is 22.4. The van der Waals surface area contributed by atoms with E-state index in [1.807, 2.05) is 13.8 Å². The lowest BCUT2D eigenvalue weighted by Gasteiger charge is -2.63. The second-order valence-corrected chi connectivity index (χ2v) is 19.0. The van der Waals surface area contributed by atoms with E-state index in [2.05, 4.69) is 34.6 Å². The quantitative estimate of drug-likeness (QED) is 0.292. The maximum atomic E-state index is 11.5. The normalized spacial score (nSPS) is 58.8. The van der Waals surface area contributed by atoms with E-state index >= 15 is 0 Å². The largest absolute Gasteiger partial charge is 0.457 e. The highest BCUT2D eigenvalue weighted by molar-refractivity contribution is 5.66. The Kier molecular flexibility index (Phi) is 7.41. The SMILES string of the molecule is CO[C@]12O[C@H]3C[C@@]4(C)[C@@H]5CC[C@H]6C(C)(C)[C@@H](O[C@@H]7OC[C@@H](OC(C)=O)[C@H](O)[C@H]7O)CC[C@@]67C[C@@]57CC[C@]4(C)[C@H]3[C@H](C)[C@H]1OC(C)(C)[C@H]2O. The van der Waals surface area contributed by atoms with E-state index in [4.69, 9.17) is 28.4 Å². The van der Waals surface area contributed by atoms with Crippen LogP contribution in [0.3, 0.4) is 0 Å². The molecule has 8 fully saturated rings. The van der Waals surface area contributed by atoms with Gasteiger partial charge in [0.15, 0.2) is 12.4 Å². The first-order valence-corrected chi connectivity index (χ1v) is 18.7. The Bertz CT molecular complexity index is 1340. The van der Waals surface area contributed by atoms with Crippen molar-refractivity contribution in [1.29, 1.82) is 0 Å². The van der Waals surface area contributed by atoms with Crippen LogP contribution in [0.5, 0.6) is 0 Å². The minimum Gasteiger partial charge on any atom is -0.457 e. The van der Waals surface area contributed by atoms with E-state index in [1.54, 1.807) is 7.11 Å². The third-order valence-corrected chi connectivity index (χ3v) is 16.7. The van der Waals surface area contributed by atoms with Gasteiger partial charge in [-0.25, -0.2) is 0 Å². The second-order valence-electron chi connectivity index (χ2n) is 19.0. The lowest BCUT2D eigenvalue weighted by molar-refractivity contribution is -0.337. The topological polar surface area (TPSA) is 133 Å². The Hall–Kier alpha value is -0.850. The van der Waals surface area contributed by atoms with Gasteiger partial charge < -0.3 is 43.7 Å². The molecular formula is C38H60O10. The number of methoxy groups -OCH3 is 1. The second kappa shape index (κ2) is 10.4. The number of hydrogen-bond acceptors (Lipinski definition) is 10. The molecule has 0 aromatic carbocycles. The summed E-state index contributed by atoms with van der Waals surface area (Å²) < 4.78 is 37.3. The van der Waals surface area contributed by atoms with Gasteiger partial charge in [0.2, 0.25) is 5.79 Å². The van der Waals surface area contributed by atoms with Gasteiger partial charge in [-0.15, -0.1) is 0 Å². The molecule has 10 heteroatoms. The Morgan fingerprint density at radius 3 is 2.23 bits per heavy atom. The van der Waals surface area contributed by atoms with Crippen molar-refractivity contribution in [1.82, 2.24) is 0 Å². The summed E-state index contributed by atoms with van der Waals surface area (Å²) in [5.41, 5.74) is -0.0915. The molecule has 3 saturated heterocycles. The predicted octanol–water partition coefficient (Wildman–Crippen LogP) is 4.35. The molecule has 8 aliphatic rings. The maximum absolute atomic E-state index is 11.5. The van der Waals surface area contributed by atoms with Crippen molar-refractivity contribution >= 4 is 5.97 Å². The molecule has 0 aromatic heterocycles. The summed E-state index contributed by atoms with van der Waals surface area (Å²) in [6.07, 6.45) is 3.27. The lowest BCUT2D eigenvalue weighted by Crippen LogP contribution is -2.63. The molecule has 0 aromatic rings. The molecule has 272 valence electrons. The average Bonchev–Trinajstić information content (AvgIpc) is 3.55. The van der Waals surface area contributed by atoms with Gasteiger partial charge in [0, 0.05) is 14.0 Å². The molecule has 8 rings (SSSR count). The zero-order chi connectivity index (χ0) is 34.6. The van der Waals surface area contributed by atoms with E-state index in [1.165, 1.54) is 32.6 Å². The summed E-state index contributed by atoms with van der Waals surface area (Å²) in [5, 5.41) is 33.1. The predicted molar refractivity (Wildman–Crippen MR) is 173 cm³/mol. The Labute approximate surface area is 285 Å². The van der Waals surface area contributed by atoms with Crippen molar-refractivity contribution < 1.29 is 48.5 Å². The molecular weight excluding hydrogens is 616 g/mol. The van der Waals surface area contributed by atoms with Crippen LogP contribution in [0.4, 0.5) is 0 Å². The fraction of sp³-hybridized carbons (Fsp3) is 0.974. The number of esters is 1. The molecule has 48 heavy (non-hydrogen) atoms. The molecule has 0 radical (unpaired) electrons. The van der Waals surface area contributed by atoms with Crippen LogP contribution in [0, 0.1) is 50.7 Å². The van der Waals surface area contributed by atoms with E-state index in [0.29, 0.717) is 23.2 Å². The van der Waals surface area contributed by atoms with Crippen molar-refractivity contribution in [2.24, 2.45) is 50.7 Å².